The molecule has 0 aromatic carbocycles. The van der Waals surface area contributed by atoms with E-state index in [9.17, 15) is 4.79 Å². The van der Waals surface area contributed by atoms with E-state index in [1.807, 2.05) is 0 Å². The van der Waals surface area contributed by atoms with Crippen LogP contribution in [0.5, 0.6) is 0 Å². The molecule has 0 spiro atoms. The average molecular weight is 384 g/mol. The number of carbonyl (C=O) groups is 1. The van der Waals surface area contributed by atoms with Gasteiger partial charge in [0.2, 0.25) is 0 Å². The molecule has 0 bridgehead atoms. The van der Waals surface area contributed by atoms with Crippen molar-refractivity contribution in [1.29, 1.82) is 0 Å². The molecule has 150 valence electrons. The van der Waals surface area contributed by atoms with Crippen LogP contribution in [0.2, 0.25) is 0 Å². The van der Waals surface area contributed by atoms with Gasteiger partial charge in [0.15, 0.2) is 0 Å². The van der Waals surface area contributed by atoms with Gasteiger partial charge in [0, 0.05) is 12.5 Å². The van der Waals surface area contributed by atoms with E-state index in [0.29, 0.717) is 11.5 Å². The first-order valence-electron chi connectivity index (χ1n) is 10.7. The van der Waals surface area contributed by atoms with Crippen molar-refractivity contribution in [2.24, 2.45) is 11.3 Å². The molecule has 1 saturated carbocycles. The Bertz CT molecular complexity index is 456. The summed E-state index contributed by atoms with van der Waals surface area (Å²) in [7, 11) is 0. The maximum Gasteiger partial charge on any atom is 0.303 e. The van der Waals surface area contributed by atoms with Crippen molar-refractivity contribution in [3.8, 4) is 0 Å². The number of rotatable bonds is 12. The van der Waals surface area contributed by atoms with Crippen molar-refractivity contribution in [3.63, 3.8) is 0 Å². The van der Waals surface area contributed by atoms with Crippen molar-refractivity contribution in [1.82, 2.24) is 4.90 Å². The van der Waals surface area contributed by atoms with E-state index in [1.165, 1.54) is 45.1 Å². The zero-order valence-electron chi connectivity index (χ0n) is 16.8. The molecule has 1 aliphatic heterocycles. The van der Waals surface area contributed by atoms with E-state index in [1.54, 1.807) is 0 Å². The first kappa shape index (κ1) is 21.8. The zero-order valence-corrected chi connectivity index (χ0v) is 17.5. The maximum atomic E-state index is 10.5. The highest BCUT2D eigenvalue weighted by atomic mass is 35.5. The summed E-state index contributed by atoms with van der Waals surface area (Å²) < 4.78 is 0. The van der Waals surface area contributed by atoms with Crippen LogP contribution in [-0.4, -0.2) is 40.5 Å². The van der Waals surface area contributed by atoms with Gasteiger partial charge < -0.3 is 5.11 Å². The van der Waals surface area contributed by atoms with Gasteiger partial charge in [-0.3, -0.25) is 9.69 Å². The second-order valence-electron chi connectivity index (χ2n) is 8.51. The minimum Gasteiger partial charge on any atom is -0.481 e. The topological polar surface area (TPSA) is 40.5 Å². The van der Waals surface area contributed by atoms with E-state index in [4.69, 9.17) is 16.7 Å². The third-order valence-electron chi connectivity index (χ3n) is 7.07. The molecule has 0 unspecified atom stereocenters. The number of halogens is 1. The molecule has 0 aromatic heterocycles. The largest absolute Gasteiger partial charge is 0.481 e. The maximum absolute atomic E-state index is 10.5. The molecule has 0 amide bonds. The first-order valence-corrected chi connectivity index (χ1v) is 11.2. The number of allylic oxidation sites excluding steroid dienone is 1. The van der Waals surface area contributed by atoms with Crippen molar-refractivity contribution in [3.05, 3.63) is 12.2 Å². The molecular formula is C22H38ClNO2. The van der Waals surface area contributed by atoms with E-state index in [-0.39, 0.29) is 11.8 Å². The van der Waals surface area contributed by atoms with E-state index in [2.05, 4.69) is 30.9 Å². The van der Waals surface area contributed by atoms with Gasteiger partial charge in [-0.05, 0) is 75.8 Å². The lowest BCUT2D eigenvalue weighted by Gasteiger charge is -2.46. The Morgan fingerprint density at radius 2 is 2.12 bits per heavy atom. The molecular weight excluding hydrogens is 346 g/mol. The van der Waals surface area contributed by atoms with Crippen LogP contribution in [0.3, 0.4) is 0 Å². The van der Waals surface area contributed by atoms with Crippen LogP contribution in [0.1, 0.15) is 84.5 Å². The Morgan fingerprint density at radius 3 is 2.73 bits per heavy atom. The van der Waals surface area contributed by atoms with E-state index < -0.39 is 5.97 Å². The van der Waals surface area contributed by atoms with Crippen LogP contribution in [0, 0.1) is 11.3 Å². The molecule has 0 aromatic rings. The average Bonchev–Trinajstić information content (AvgIpc) is 2.90. The van der Waals surface area contributed by atoms with Crippen LogP contribution >= 0.6 is 11.6 Å². The summed E-state index contributed by atoms with van der Waals surface area (Å²) in [5.41, 5.74) is 0.651. The molecule has 3 atom stereocenters. The molecule has 3 nitrogen and oxygen atoms in total. The molecule has 2 fully saturated rings. The fraction of sp³-hybridized carbons (Fsp3) is 0.864. The molecule has 1 saturated heterocycles. The van der Waals surface area contributed by atoms with Gasteiger partial charge in [0.1, 0.15) is 0 Å². The molecule has 1 N–H and O–H groups in total. The summed E-state index contributed by atoms with van der Waals surface area (Å²) in [4.78, 5) is 13.1. The number of likely N-dealkylation sites (tertiary alicyclic amines) is 1. The molecule has 0 radical (unpaired) electrons. The summed E-state index contributed by atoms with van der Waals surface area (Å²) in [6.07, 6.45) is 16.5. The van der Waals surface area contributed by atoms with Crippen molar-refractivity contribution >= 4 is 17.6 Å². The Morgan fingerprint density at radius 1 is 1.35 bits per heavy atom. The number of aliphatic carboxylic acids is 1. The van der Waals surface area contributed by atoms with Crippen LogP contribution in [0.4, 0.5) is 0 Å². The Labute approximate surface area is 165 Å². The third kappa shape index (κ3) is 5.99. The fourth-order valence-electron chi connectivity index (χ4n) is 4.91. The summed E-state index contributed by atoms with van der Waals surface area (Å²) in [6.45, 7) is 7.13. The highest BCUT2D eigenvalue weighted by Crippen LogP contribution is 2.51. The second kappa shape index (κ2) is 10.7. The Kier molecular flexibility index (Phi) is 8.96. The third-order valence-corrected chi connectivity index (χ3v) is 7.57. The highest BCUT2D eigenvalue weighted by molar-refractivity contribution is 6.21. The van der Waals surface area contributed by atoms with Gasteiger partial charge >= 0.3 is 5.97 Å². The standard InChI is InChI=1S/C22H38ClNO2/c1-3-22(14-9-15-22)18(2)10-8-16-24-17-13-19(23)20(24)11-6-4-5-7-12-21(25)26/h4,6,18-20H,3,5,7-17H2,1-2H3,(H,25,26)/b6-4-/t18-,19+,20-/m0/s1. The lowest BCUT2D eigenvalue weighted by atomic mass is 9.59. The quantitative estimate of drug-likeness (QED) is 0.260. The number of hydrogen-bond acceptors (Lipinski definition) is 2. The number of nitrogens with zero attached hydrogens (tertiary/aromatic N) is 1. The number of unbranched alkanes of at least 4 members (excludes halogenated alkanes) is 1. The van der Waals surface area contributed by atoms with Crippen molar-refractivity contribution in [2.75, 3.05) is 13.1 Å². The second-order valence-corrected chi connectivity index (χ2v) is 9.07. The molecule has 2 rings (SSSR count). The Balaban J connectivity index is 1.68. The normalized spacial score (nSPS) is 26.9. The van der Waals surface area contributed by atoms with Crippen LogP contribution in [-0.2, 0) is 4.79 Å². The SMILES string of the molecule is CCC1([C@@H](C)CCCN2CC[C@@H](Cl)[C@@H]2C/C=C\CCCC(=O)O)CCC1. The van der Waals surface area contributed by atoms with Gasteiger partial charge in [-0.1, -0.05) is 38.8 Å². The van der Waals surface area contributed by atoms with Crippen molar-refractivity contribution in [2.45, 2.75) is 95.9 Å². The molecule has 1 aliphatic carbocycles. The van der Waals surface area contributed by atoms with E-state index in [0.717, 1.165) is 38.1 Å². The van der Waals surface area contributed by atoms with Gasteiger partial charge in [-0.2, -0.15) is 0 Å². The van der Waals surface area contributed by atoms with Crippen molar-refractivity contribution < 1.29 is 9.90 Å². The Hall–Kier alpha value is -0.540. The molecule has 4 heteroatoms. The first-order chi connectivity index (χ1) is 12.5. The predicted octanol–water partition coefficient (Wildman–Crippen LogP) is 5.87. The molecule has 1 heterocycles. The summed E-state index contributed by atoms with van der Waals surface area (Å²) in [5, 5.41) is 8.93. The smallest absolute Gasteiger partial charge is 0.303 e. The number of hydrogen-bond donors (Lipinski definition) is 1. The van der Waals surface area contributed by atoms with Crippen LogP contribution in [0.15, 0.2) is 12.2 Å². The highest BCUT2D eigenvalue weighted by Gasteiger charge is 2.39. The molecule has 26 heavy (non-hydrogen) atoms. The zero-order chi connectivity index (χ0) is 19.0. The van der Waals surface area contributed by atoms with Gasteiger partial charge in [-0.15, -0.1) is 11.6 Å². The number of carboxylic acid groups (broad SMARTS) is 1. The fourth-order valence-corrected chi connectivity index (χ4v) is 5.27. The summed E-state index contributed by atoms with van der Waals surface area (Å²) in [5.74, 6) is 0.144. The summed E-state index contributed by atoms with van der Waals surface area (Å²) in [6, 6.07) is 0.450. The summed E-state index contributed by atoms with van der Waals surface area (Å²) >= 11 is 6.57. The number of alkyl halides is 1. The van der Waals surface area contributed by atoms with Crippen LogP contribution < -0.4 is 0 Å². The number of carboxylic acids is 1. The molecule has 2 aliphatic rings. The monoisotopic (exact) mass is 383 g/mol. The van der Waals surface area contributed by atoms with Gasteiger partial charge in [0.05, 0.1) is 5.38 Å². The minimum atomic E-state index is -0.706. The predicted molar refractivity (Wildman–Crippen MR) is 110 cm³/mol. The van der Waals surface area contributed by atoms with Gasteiger partial charge in [-0.25, -0.2) is 0 Å². The van der Waals surface area contributed by atoms with Gasteiger partial charge in [0.25, 0.3) is 0 Å². The van der Waals surface area contributed by atoms with Crippen LogP contribution in [0.25, 0.3) is 0 Å². The van der Waals surface area contributed by atoms with E-state index >= 15 is 0 Å². The lowest BCUT2D eigenvalue weighted by Crippen LogP contribution is -2.37. The minimum absolute atomic E-state index is 0.254. The lowest BCUT2D eigenvalue weighted by molar-refractivity contribution is -0.137.